The lowest BCUT2D eigenvalue weighted by molar-refractivity contribution is -0.138. The molecule has 0 heterocycles. The van der Waals surface area contributed by atoms with E-state index in [0.717, 1.165) is 17.3 Å². The number of hydrogen-bond donors (Lipinski definition) is 3. The van der Waals surface area contributed by atoms with Crippen molar-refractivity contribution in [2.24, 2.45) is 5.73 Å². The minimum absolute atomic E-state index is 0.104. The van der Waals surface area contributed by atoms with E-state index in [2.05, 4.69) is 0 Å². The number of carboxylic acid groups (broad SMARTS) is 2. The maximum absolute atomic E-state index is 12.1. The average molecular weight is 317 g/mol. The molecule has 0 radical (unpaired) electrons. The largest absolute Gasteiger partial charge is 0.480 e. The summed E-state index contributed by atoms with van der Waals surface area (Å²) in [4.78, 5) is 21.7. The quantitative estimate of drug-likeness (QED) is 0.638. The van der Waals surface area contributed by atoms with Gasteiger partial charge < -0.3 is 15.9 Å². The van der Waals surface area contributed by atoms with Crippen LogP contribution in [0.4, 0.5) is 0 Å². The molecule has 6 nitrogen and oxygen atoms in total. The summed E-state index contributed by atoms with van der Waals surface area (Å²) in [6.07, 6.45) is 0. The maximum atomic E-state index is 12.1. The molecule has 0 aliphatic rings. The van der Waals surface area contributed by atoms with Gasteiger partial charge in [0, 0.05) is 5.75 Å². The smallest absolute Gasteiger partial charge is 0.329 e. The molecule has 0 aliphatic carbocycles. The molecule has 1 aromatic rings. The highest BCUT2D eigenvalue weighted by atomic mass is 32.2. The van der Waals surface area contributed by atoms with Gasteiger partial charge in [0.1, 0.15) is 6.04 Å². The Labute approximate surface area is 122 Å². The number of hydrogen-bond acceptors (Lipinski definition) is 5. The van der Waals surface area contributed by atoms with Gasteiger partial charge in [-0.05, 0) is 5.56 Å². The summed E-state index contributed by atoms with van der Waals surface area (Å²) >= 11 is 0.788. The van der Waals surface area contributed by atoms with Gasteiger partial charge in [0.25, 0.3) is 0 Å². The summed E-state index contributed by atoms with van der Waals surface area (Å²) in [6.45, 7) is 0. The highest BCUT2D eigenvalue weighted by Gasteiger charge is 2.27. The molecule has 20 heavy (non-hydrogen) atoms. The Hall–Kier alpha value is -1.38. The van der Waals surface area contributed by atoms with Gasteiger partial charge in [-0.15, -0.1) is 11.8 Å². The fourth-order valence-electron chi connectivity index (χ4n) is 1.34. The Morgan fingerprint density at radius 1 is 1.20 bits per heavy atom. The molecular weight excluding hydrogens is 302 g/mol. The lowest BCUT2D eigenvalue weighted by Crippen LogP contribution is -2.35. The van der Waals surface area contributed by atoms with Crippen LogP contribution in [0.1, 0.15) is 5.56 Å². The van der Waals surface area contributed by atoms with Crippen LogP contribution in [0.2, 0.25) is 0 Å². The first-order valence-electron chi connectivity index (χ1n) is 5.65. The zero-order valence-electron chi connectivity index (χ0n) is 10.5. The summed E-state index contributed by atoms with van der Waals surface area (Å²) in [5.74, 6) is -2.45. The Kier molecular flexibility index (Phi) is 6.69. The van der Waals surface area contributed by atoms with Gasteiger partial charge in [-0.25, -0.2) is 0 Å². The van der Waals surface area contributed by atoms with E-state index in [1.807, 2.05) is 6.07 Å². The third kappa shape index (κ3) is 5.32. The van der Waals surface area contributed by atoms with Crippen molar-refractivity contribution in [3.63, 3.8) is 0 Å². The molecule has 3 unspecified atom stereocenters. The predicted octanol–water partition coefficient (Wildman–Crippen LogP) is 0.491. The van der Waals surface area contributed by atoms with Crippen molar-refractivity contribution in [3.05, 3.63) is 35.9 Å². The molecule has 0 saturated heterocycles. The molecule has 8 heteroatoms. The van der Waals surface area contributed by atoms with Crippen LogP contribution in [0.25, 0.3) is 0 Å². The van der Waals surface area contributed by atoms with Crippen LogP contribution in [0, 0.1) is 0 Å². The van der Waals surface area contributed by atoms with Gasteiger partial charge in [0.15, 0.2) is 4.58 Å². The van der Waals surface area contributed by atoms with Gasteiger partial charge in [0.05, 0.1) is 16.6 Å². The number of benzene rings is 1. The average Bonchev–Trinajstić information content (AvgIpc) is 2.39. The Bertz CT molecular complexity index is 494. The fraction of sp³-hybridized carbons (Fsp3) is 0.333. The zero-order chi connectivity index (χ0) is 15.1. The molecule has 1 aromatic carbocycles. The first kappa shape index (κ1) is 16.7. The van der Waals surface area contributed by atoms with E-state index in [0.29, 0.717) is 0 Å². The monoisotopic (exact) mass is 317 g/mol. The van der Waals surface area contributed by atoms with Crippen LogP contribution in [-0.2, 0) is 26.1 Å². The van der Waals surface area contributed by atoms with Crippen molar-refractivity contribution in [1.82, 2.24) is 0 Å². The van der Waals surface area contributed by atoms with Gasteiger partial charge in [-0.2, -0.15) is 0 Å². The molecular formula is C12H15NO5S2. The number of carbonyl (C=O) groups is 2. The van der Waals surface area contributed by atoms with Crippen molar-refractivity contribution in [1.29, 1.82) is 0 Å². The van der Waals surface area contributed by atoms with E-state index >= 15 is 0 Å². The molecule has 0 fully saturated rings. The second-order valence-corrected chi connectivity index (χ2v) is 6.92. The zero-order valence-corrected chi connectivity index (χ0v) is 12.1. The van der Waals surface area contributed by atoms with Crippen LogP contribution in [0.5, 0.6) is 0 Å². The second-order valence-electron chi connectivity index (χ2n) is 3.96. The molecule has 1 rings (SSSR count). The van der Waals surface area contributed by atoms with E-state index < -0.39 is 33.4 Å². The minimum Gasteiger partial charge on any atom is -0.480 e. The maximum Gasteiger partial charge on any atom is 0.329 e. The molecule has 0 aliphatic heterocycles. The summed E-state index contributed by atoms with van der Waals surface area (Å²) in [5.41, 5.74) is 6.07. The van der Waals surface area contributed by atoms with Gasteiger partial charge in [-0.3, -0.25) is 13.8 Å². The second kappa shape index (κ2) is 8.03. The Morgan fingerprint density at radius 2 is 1.80 bits per heavy atom. The van der Waals surface area contributed by atoms with Crippen LogP contribution < -0.4 is 5.73 Å². The van der Waals surface area contributed by atoms with Crippen LogP contribution in [-0.4, -0.2) is 42.7 Å². The number of aliphatic carboxylic acids is 2. The van der Waals surface area contributed by atoms with Gasteiger partial charge >= 0.3 is 11.9 Å². The summed E-state index contributed by atoms with van der Waals surface area (Å²) in [7, 11) is -1.65. The molecule has 0 bridgehead atoms. The SMILES string of the molecule is NC(CSC(C(=O)O)S(=O)Cc1ccccc1)C(=O)O. The molecule has 0 amide bonds. The van der Waals surface area contributed by atoms with Crippen LogP contribution >= 0.6 is 11.8 Å². The summed E-state index contributed by atoms with van der Waals surface area (Å²) < 4.78 is 10.9. The third-order valence-corrected chi connectivity index (χ3v) is 5.74. The summed E-state index contributed by atoms with van der Waals surface area (Å²) in [6, 6.07) is 7.69. The van der Waals surface area contributed by atoms with E-state index in [1.54, 1.807) is 24.3 Å². The molecule has 0 aromatic heterocycles. The van der Waals surface area contributed by atoms with Crippen molar-refractivity contribution >= 4 is 34.5 Å². The van der Waals surface area contributed by atoms with Crippen molar-refractivity contribution in [2.75, 3.05) is 5.75 Å². The molecule has 3 atom stereocenters. The van der Waals surface area contributed by atoms with E-state index in [1.165, 1.54) is 0 Å². The van der Waals surface area contributed by atoms with E-state index in [9.17, 15) is 13.8 Å². The van der Waals surface area contributed by atoms with Crippen LogP contribution in [0.15, 0.2) is 30.3 Å². The van der Waals surface area contributed by atoms with E-state index in [-0.39, 0.29) is 11.5 Å². The van der Waals surface area contributed by atoms with Crippen molar-refractivity contribution in [3.8, 4) is 0 Å². The highest BCUT2D eigenvalue weighted by molar-refractivity contribution is 8.12. The first-order valence-corrected chi connectivity index (χ1v) is 8.08. The van der Waals surface area contributed by atoms with Gasteiger partial charge in [-0.1, -0.05) is 30.3 Å². The van der Waals surface area contributed by atoms with E-state index in [4.69, 9.17) is 15.9 Å². The topological polar surface area (TPSA) is 118 Å². The van der Waals surface area contributed by atoms with Crippen molar-refractivity contribution in [2.45, 2.75) is 16.4 Å². The lowest BCUT2D eigenvalue weighted by atomic mass is 10.2. The standard InChI is InChI=1S/C12H15NO5S2/c13-9(10(14)15)6-19-12(11(16)17)20(18)7-8-4-2-1-3-5-8/h1-5,9,12H,6-7,13H2,(H,14,15)(H,16,17). The third-order valence-electron chi connectivity index (χ3n) is 2.34. The predicted molar refractivity (Wildman–Crippen MR) is 77.8 cm³/mol. The Morgan fingerprint density at radius 3 is 2.30 bits per heavy atom. The molecule has 4 N–H and O–H groups in total. The lowest BCUT2D eigenvalue weighted by Gasteiger charge is -2.13. The molecule has 110 valence electrons. The summed E-state index contributed by atoms with van der Waals surface area (Å²) in [5, 5.41) is 17.7. The first-order chi connectivity index (χ1) is 9.41. The number of carboxylic acids is 2. The minimum atomic E-state index is -1.65. The normalized spacial score (nSPS) is 15.2. The Balaban J connectivity index is 2.64. The van der Waals surface area contributed by atoms with Crippen molar-refractivity contribution < 1.29 is 24.0 Å². The number of thioether (sulfide) groups is 1. The number of nitrogens with two attached hydrogens (primary N) is 1. The molecule has 0 saturated carbocycles. The molecule has 0 spiro atoms. The fourth-order valence-corrected chi connectivity index (χ4v) is 3.95. The van der Waals surface area contributed by atoms with Gasteiger partial charge in [0.2, 0.25) is 0 Å². The number of rotatable bonds is 8. The highest BCUT2D eigenvalue weighted by Crippen LogP contribution is 2.19. The van der Waals surface area contributed by atoms with Crippen LogP contribution in [0.3, 0.4) is 0 Å².